The van der Waals surface area contributed by atoms with E-state index < -0.39 is 5.60 Å². The molecule has 1 saturated heterocycles. The summed E-state index contributed by atoms with van der Waals surface area (Å²) in [6, 6.07) is 0.0844. The Labute approximate surface area is 95.9 Å². The normalized spacial score (nSPS) is 29.4. The van der Waals surface area contributed by atoms with Crippen molar-refractivity contribution in [3.8, 4) is 0 Å². The quantitative estimate of drug-likeness (QED) is 0.633. The zero-order chi connectivity index (χ0) is 11.9. The number of Topliss-reactive ketones (excluding diaryl/α,β-unsaturated/α-hetero) is 1. The molecule has 1 aliphatic heterocycles. The molecule has 0 unspecified atom stereocenters. The van der Waals surface area contributed by atoms with Crippen molar-refractivity contribution in [2.75, 3.05) is 6.54 Å². The number of hydrogen-bond donors (Lipinski definition) is 0. The van der Waals surface area contributed by atoms with Gasteiger partial charge in [0.1, 0.15) is 11.4 Å². The maximum Gasteiger partial charge on any atom is 0.410 e. The van der Waals surface area contributed by atoms with Crippen LogP contribution >= 0.6 is 0 Å². The molecular weight excluding hydrogens is 206 g/mol. The Bertz CT molecular complexity index is 319. The number of nitrogens with zero attached hydrogens (tertiary/aromatic N) is 1. The molecule has 4 nitrogen and oxygen atoms in total. The first-order chi connectivity index (χ1) is 7.35. The van der Waals surface area contributed by atoms with E-state index in [9.17, 15) is 9.59 Å². The average molecular weight is 225 g/mol. The summed E-state index contributed by atoms with van der Waals surface area (Å²) in [7, 11) is 0. The summed E-state index contributed by atoms with van der Waals surface area (Å²) < 4.78 is 5.34. The number of ether oxygens (including phenoxy) is 1. The van der Waals surface area contributed by atoms with Gasteiger partial charge in [-0.3, -0.25) is 4.79 Å². The second kappa shape index (κ2) is 3.75. The molecular formula is C12H19NO3. The molecule has 16 heavy (non-hydrogen) atoms. The van der Waals surface area contributed by atoms with Crippen molar-refractivity contribution in [3.63, 3.8) is 0 Å². The van der Waals surface area contributed by atoms with E-state index in [4.69, 9.17) is 4.74 Å². The fourth-order valence-corrected chi connectivity index (χ4v) is 2.57. The van der Waals surface area contributed by atoms with Crippen LogP contribution in [0.4, 0.5) is 4.79 Å². The highest BCUT2D eigenvalue weighted by Gasteiger charge is 2.42. The molecule has 0 spiro atoms. The van der Waals surface area contributed by atoms with E-state index in [-0.39, 0.29) is 17.9 Å². The SMILES string of the molecule is CC(C)(C)OC(=O)N1C[C@H]2CC(=O)C[C@@H]1C2. The highest BCUT2D eigenvalue weighted by atomic mass is 16.6. The van der Waals surface area contributed by atoms with E-state index in [2.05, 4.69) is 0 Å². The molecule has 0 N–H and O–H groups in total. The van der Waals surface area contributed by atoms with Gasteiger partial charge in [-0.05, 0) is 33.1 Å². The summed E-state index contributed by atoms with van der Waals surface area (Å²) in [6.45, 7) is 6.26. The van der Waals surface area contributed by atoms with E-state index in [0.29, 0.717) is 25.3 Å². The number of carbonyl (C=O) groups excluding carboxylic acids is 2. The Morgan fingerprint density at radius 2 is 2.06 bits per heavy atom. The number of rotatable bonds is 0. The van der Waals surface area contributed by atoms with Crippen LogP contribution in [0, 0.1) is 5.92 Å². The van der Waals surface area contributed by atoms with Gasteiger partial charge in [0.05, 0.1) is 0 Å². The van der Waals surface area contributed by atoms with Crippen LogP contribution in [-0.2, 0) is 9.53 Å². The predicted molar refractivity (Wildman–Crippen MR) is 59.1 cm³/mol. The minimum absolute atomic E-state index is 0.0844. The highest BCUT2D eigenvalue weighted by molar-refractivity contribution is 5.82. The third-order valence-corrected chi connectivity index (χ3v) is 3.11. The summed E-state index contributed by atoms with van der Waals surface area (Å²) in [6.07, 6.45) is 1.84. The van der Waals surface area contributed by atoms with Crippen molar-refractivity contribution in [2.24, 2.45) is 5.92 Å². The molecule has 4 heteroatoms. The third-order valence-electron chi connectivity index (χ3n) is 3.11. The zero-order valence-electron chi connectivity index (χ0n) is 10.2. The molecule has 0 radical (unpaired) electrons. The molecule has 0 aromatic heterocycles. The molecule has 1 heterocycles. The Balaban J connectivity index is 2.01. The third kappa shape index (κ3) is 2.36. The molecule has 1 amide bonds. The standard InChI is InChI=1S/C12H19NO3/c1-12(2,3)16-11(15)13-7-8-4-9(13)6-10(14)5-8/h8-9H,4-7H2,1-3H3/t8-,9+/m1/s1. The molecule has 0 aromatic carbocycles. The van der Waals surface area contributed by atoms with Crippen molar-refractivity contribution in [2.45, 2.75) is 51.7 Å². The van der Waals surface area contributed by atoms with Gasteiger partial charge in [0.15, 0.2) is 0 Å². The maximum atomic E-state index is 11.9. The lowest BCUT2D eigenvalue weighted by Gasteiger charge is -2.28. The number of fused-ring (bicyclic) bond motifs is 2. The van der Waals surface area contributed by atoms with Gasteiger partial charge >= 0.3 is 6.09 Å². The second-order valence-corrected chi connectivity index (χ2v) is 5.84. The van der Waals surface area contributed by atoms with Gasteiger partial charge in [0, 0.05) is 25.4 Å². The van der Waals surface area contributed by atoms with Crippen LogP contribution in [0.5, 0.6) is 0 Å². The molecule has 2 fully saturated rings. The molecule has 90 valence electrons. The zero-order valence-corrected chi connectivity index (χ0v) is 10.2. The number of carbonyl (C=O) groups is 2. The van der Waals surface area contributed by atoms with E-state index in [0.717, 1.165) is 6.42 Å². The van der Waals surface area contributed by atoms with Gasteiger partial charge in [0.25, 0.3) is 0 Å². The second-order valence-electron chi connectivity index (χ2n) is 5.84. The first-order valence-corrected chi connectivity index (χ1v) is 5.86. The van der Waals surface area contributed by atoms with Crippen LogP contribution in [0.2, 0.25) is 0 Å². The van der Waals surface area contributed by atoms with E-state index in [1.165, 1.54) is 0 Å². The van der Waals surface area contributed by atoms with Crippen LogP contribution in [0.3, 0.4) is 0 Å². The minimum Gasteiger partial charge on any atom is -0.444 e. The van der Waals surface area contributed by atoms with Gasteiger partial charge in [0.2, 0.25) is 0 Å². The van der Waals surface area contributed by atoms with Crippen molar-refractivity contribution < 1.29 is 14.3 Å². The molecule has 2 atom stereocenters. The van der Waals surface area contributed by atoms with E-state index in [1.807, 2.05) is 20.8 Å². The Kier molecular flexibility index (Phi) is 2.68. The lowest BCUT2D eigenvalue weighted by molar-refractivity contribution is -0.121. The van der Waals surface area contributed by atoms with Gasteiger partial charge in [-0.15, -0.1) is 0 Å². The number of ketones is 1. The molecule has 0 aromatic rings. The van der Waals surface area contributed by atoms with Crippen LogP contribution in [0.25, 0.3) is 0 Å². The fraction of sp³-hybridized carbons (Fsp3) is 0.833. The van der Waals surface area contributed by atoms with Crippen LogP contribution < -0.4 is 0 Å². The van der Waals surface area contributed by atoms with Crippen molar-refractivity contribution in [1.82, 2.24) is 4.90 Å². The van der Waals surface area contributed by atoms with Gasteiger partial charge in [-0.2, -0.15) is 0 Å². The van der Waals surface area contributed by atoms with Crippen LogP contribution in [0.1, 0.15) is 40.0 Å². The number of amides is 1. The minimum atomic E-state index is -0.461. The molecule has 2 bridgehead atoms. The summed E-state index contributed by atoms with van der Waals surface area (Å²) >= 11 is 0. The molecule has 2 aliphatic rings. The molecule has 1 aliphatic carbocycles. The fourth-order valence-electron chi connectivity index (χ4n) is 2.57. The lowest BCUT2D eigenvalue weighted by Crippen LogP contribution is -2.40. The van der Waals surface area contributed by atoms with Crippen molar-refractivity contribution in [1.29, 1.82) is 0 Å². The first kappa shape index (κ1) is 11.4. The molecule has 2 rings (SSSR count). The smallest absolute Gasteiger partial charge is 0.410 e. The average Bonchev–Trinajstić information content (AvgIpc) is 2.38. The summed E-state index contributed by atoms with van der Waals surface area (Å²) in [5.74, 6) is 0.645. The van der Waals surface area contributed by atoms with Gasteiger partial charge in [-0.1, -0.05) is 0 Å². The topological polar surface area (TPSA) is 46.6 Å². The van der Waals surface area contributed by atoms with Crippen LogP contribution in [0.15, 0.2) is 0 Å². The summed E-state index contributed by atoms with van der Waals surface area (Å²) in [4.78, 5) is 25.0. The highest BCUT2D eigenvalue weighted by Crippen LogP contribution is 2.34. The summed E-state index contributed by atoms with van der Waals surface area (Å²) in [5, 5.41) is 0. The van der Waals surface area contributed by atoms with E-state index >= 15 is 0 Å². The van der Waals surface area contributed by atoms with Crippen LogP contribution in [-0.4, -0.2) is 35.0 Å². The van der Waals surface area contributed by atoms with E-state index in [1.54, 1.807) is 4.90 Å². The Morgan fingerprint density at radius 3 is 2.69 bits per heavy atom. The largest absolute Gasteiger partial charge is 0.444 e. The Hall–Kier alpha value is -1.06. The summed E-state index contributed by atoms with van der Waals surface area (Å²) in [5.41, 5.74) is -0.461. The Morgan fingerprint density at radius 1 is 1.38 bits per heavy atom. The first-order valence-electron chi connectivity index (χ1n) is 5.86. The predicted octanol–water partition coefficient (Wildman–Crippen LogP) is 1.97. The van der Waals surface area contributed by atoms with Gasteiger partial charge < -0.3 is 9.64 Å². The van der Waals surface area contributed by atoms with Crippen molar-refractivity contribution >= 4 is 11.9 Å². The monoisotopic (exact) mass is 225 g/mol. The number of likely N-dealkylation sites (tertiary alicyclic amines) is 1. The maximum absolute atomic E-state index is 11.9. The number of hydrogen-bond acceptors (Lipinski definition) is 3. The lowest BCUT2D eigenvalue weighted by atomic mass is 9.89. The molecule has 1 saturated carbocycles. The van der Waals surface area contributed by atoms with Crippen molar-refractivity contribution in [3.05, 3.63) is 0 Å². The van der Waals surface area contributed by atoms with Gasteiger partial charge in [-0.25, -0.2) is 4.79 Å².